The van der Waals surface area contributed by atoms with E-state index >= 15 is 0 Å². The number of carbonyl (C=O) groups is 3. The fourth-order valence-corrected chi connectivity index (χ4v) is 5.29. The zero-order chi connectivity index (χ0) is 26.1. The van der Waals surface area contributed by atoms with Crippen LogP contribution in [0, 0.1) is 29.0 Å². The number of amides is 1. The number of Topliss-reactive ketones (excluding diaryl/α,β-unsaturated/α-hetero) is 2. The van der Waals surface area contributed by atoms with Gasteiger partial charge in [-0.2, -0.15) is 5.26 Å². The molecule has 2 aliphatic rings. The molecule has 37 heavy (non-hydrogen) atoms. The van der Waals surface area contributed by atoms with Gasteiger partial charge in [0.2, 0.25) is 5.91 Å². The van der Waals surface area contributed by atoms with Crippen molar-refractivity contribution >= 4 is 28.4 Å². The minimum Gasteiger partial charge on any atom is -0.496 e. The van der Waals surface area contributed by atoms with Gasteiger partial charge in [-0.1, -0.05) is 25.0 Å². The van der Waals surface area contributed by atoms with Gasteiger partial charge >= 0.3 is 0 Å². The molecule has 1 amide bonds. The van der Waals surface area contributed by atoms with Gasteiger partial charge in [0.25, 0.3) is 0 Å². The molecule has 1 fully saturated rings. The van der Waals surface area contributed by atoms with E-state index in [0.717, 1.165) is 29.3 Å². The number of hydrogen-bond acceptors (Lipinski definition) is 5. The Balaban J connectivity index is 1.29. The summed E-state index contributed by atoms with van der Waals surface area (Å²) in [6, 6.07) is 12.7. The van der Waals surface area contributed by atoms with Crippen LogP contribution in [0.2, 0.25) is 0 Å². The van der Waals surface area contributed by atoms with Crippen molar-refractivity contribution in [3.63, 3.8) is 0 Å². The van der Waals surface area contributed by atoms with E-state index in [2.05, 4.69) is 16.4 Å². The first kappa shape index (κ1) is 24.7. The van der Waals surface area contributed by atoms with Crippen LogP contribution in [-0.4, -0.2) is 35.6 Å². The molecule has 0 radical (unpaired) electrons. The third-order valence-corrected chi connectivity index (χ3v) is 7.44. The average molecular weight is 502 g/mol. The van der Waals surface area contributed by atoms with Crippen LogP contribution in [0.3, 0.4) is 0 Å². The van der Waals surface area contributed by atoms with Gasteiger partial charge in [-0.15, -0.1) is 0 Å². The molecule has 8 heteroatoms. The lowest BCUT2D eigenvalue weighted by Crippen LogP contribution is -2.40. The van der Waals surface area contributed by atoms with E-state index in [9.17, 15) is 24.0 Å². The van der Waals surface area contributed by atoms with E-state index in [-0.39, 0.29) is 36.7 Å². The number of nitrogens with zero attached hydrogens (tertiary/aromatic N) is 1. The van der Waals surface area contributed by atoms with E-state index in [1.54, 1.807) is 19.2 Å². The van der Waals surface area contributed by atoms with Crippen molar-refractivity contribution < 1.29 is 23.5 Å². The molecule has 1 heterocycles. The Labute approximate surface area is 214 Å². The Morgan fingerprint density at radius 2 is 2.03 bits per heavy atom. The molecule has 5 rings (SSSR count). The zero-order valence-electron chi connectivity index (χ0n) is 20.6. The monoisotopic (exact) mass is 501 g/mol. The Morgan fingerprint density at radius 3 is 2.76 bits per heavy atom. The van der Waals surface area contributed by atoms with Crippen LogP contribution in [0.5, 0.6) is 5.75 Å². The maximum absolute atomic E-state index is 13.8. The summed E-state index contributed by atoms with van der Waals surface area (Å²) in [6.45, 7) is 0. The molecule has 190 valence electrons. The highest BCUT2D eigenvalue weighted by Crippen LogP contribution is 2.38. The summed E-state index contributed by atoms with van der Waals surface area (Å²) in [7, 11) is 1.57. The first-order chi connectivity index (χ1) is 17.9. The van der Waals surface area contributed by atoms with Gasteiger partial charge in [0.1, 0.15) is 23.4 Å². The zero-order valence-corrected chi connectivity index (χ0v) is 20.6. The number of ketones is 2. The number of fused-ring (bicyclic) bond motifs is 2. The SMILES string of the molecule is COc1cccc2[nH]c(C(=O)CC(CC3CC3)C(=O)NC(C#N)CC3C(=O)Cc4ccc(F)cc43)cc12. The summed E-state index contributed by atoms with van der Waals surface area (Å²) in [5.74, 6) is -1.28. The van der Waals surface area contributed by atoms with Gasteiger partial charge in [0.05, 0.1) is 18.9 Å². The first-order valence-corrected chi connectivity index (χ1v) is 12.6. The molecule has 1 aromatic heterocycles. The fraction of sp³-hybridized carbons (Fsp3) is 0.379. The van der Waals surface area contributed by atoms with E-state index in [0.29, 0.717) is 29.3 Å². The highest BCUT2D eigenvalue weighted by atomic mass is 19.1. The van der Waals surface area contributed by atoms with Crippen LogP contribution in [0.4, 0.5) is 4.39 Å². The van der Waals surface area contributed by atoms with Crippen molar-refractivity contribution in [1.82, 2.24) is 10.3 Å². The number of nitrogens with one attached hydrogen (secondary N) is 2. The molecule has 3 unspecified atom stereocenters. The number of carbonyl (C=O) groups excluding carboxylic acids is 3. The number of methoxy groups -OCH3 is 1. The van der Waals surface area contributed by atoms with E-state index in [1.807, 2.05) is 18.2 Å². The number of halogens is 1. The van der Waals surface area contributed by atoms with Crippen molar-refractivity contribution in [3.8, 4) is 11.8 Å². The van der Waals surface area contributed by atoms with Crippen LogP contribution in [-0.2, 0) is 16.0 Å². The standard InChI is InChI=1S/C29H28FN3O4/c1-37-28-4-2-3-24-23(28)14-25(33-24)27(35)11-18(9-16-5-6-16)29(36)32-20(15-31)13-22-21-12-19(30)8-7-17(21)10-26(22)34/h2-4,7-8,12,14,16,18,20,22,33H,5-6,9-11,13H2,1H3,(H,32,36). The molecular weight excluding hydrogens is 473 g/mol. The Hall–Kier alpha value is -3.99. The molecule has 0 saturated heterocycles. The summed E-state index contributed by atoms with van der Waals surface area (Å²) < 4.78 is 19.2. The largest absolute Gasteiger partial charge is 0.496 e. The first-order valence-electron chi connectivity index (χ1n) is 12.6. The minimum atomic E-state index is -0.926. The highest BCUT2D eigenvalue weighted by Gasteiger charge is 2.36. The Bertz CT molecular complexity index is 1420. The minimum absolute atomic E-state index is 0.00598. The lowest BCUT2D eigenvalue weighted by molar-refractivity contribution is -0.126. The summed E-state index contributed by atoms with van der Waals surface area (Å²) in [5.41, 5.74) is 2.51. The number of aromatic amines is 1. The maximum Gasteiger partial charge on any atom is 0.224 e. The predicted octanol–water partition coefficient (Wildman–Crippen LogP) is 4.61. The molecule has 2 aliphatic carbocycles. The van der Waals surface area contributed by atoms with Crippen molar-refractivity contribution in [3.05, 3.63) is 65.1 Å². The van der Waals surface area contributed by atoms with Crippen molar-refractivity contribution in [1.29, 1.82) is 5.26 Å². The number of rotatable bonds is 10. The predicted molar refractivity (Wildman–Crippen MR) is 135 cm³/mol. The van der Waals surface area contributed by atoms with Gasteiger partial charge in [0.15, 0.2) is 5.78 Å². The van der Waals surface area contributed by atoms with Gasteiger partial charge in [-0.25, -0.2) is 4.39 Å². The van der Waals surface area contributed by atoms with E-state index in [1.165, 1.54) is 12.1 Å². The second-order valence-corrected chi connectivity index (χ2v) is 10.1. The quantitative estimate of drug-likeness (QED) is 0.394. The third kappa shape index (κ3) is 5.26. The summed E-state index contributed by atoms with van der Waals surface area (Å²) in [5, 5.41) is 13.3. The third-order valence-electron chi connectivity index (χ3n) is 7.44. The second kappa shape index (κ2) is 10.2. The lowest BCUT2D eigenvalue weighted by Gasteiger charge is -2.20. The Morgan fingerprint density at radius 1 is 1.22 bits per heavy atom. The average Bonchev–Trinajstić information content (AvgIpc) is 3.51. The molecule has 3 atom stereocenters. The van der Waals surface area contributed by atoms with Gasteiger partial charge in [-0.3, -0.25) is 14.4 Å². The molecule has 0 bridgehead atoms. The lowest BCUT2D eigenvalue weighted by atomic mass is 9.91. The number of benzene rings is 2. The fourth-order valence-electron chi connectivity index (χ4n) is 5.29. The molecule has 0 aliphatic heterocycles. The van der Waals surface area contributed by atoms with Gasteiger partial charge < -0.3 is 15.0 Å². The summed E-state index contributed by atoms with van der Waals surface area (Å²) >= 11 is 0. The smallest absolute Gasteiger partial charge is 0.224 e. The van der Waals surface area contributed by atoms with Gasteiger partial charge in [0, 0.05) is 35.6 Å². The van der Waals surface area contributed by atoms with Crippen LogP contribution in [0.15, 0.2) is 42.5 Å². The summed E-state index contributed by atoms with van der Waals surface area (Å²) in [6.07, 6.45) is 2.87. The normalized spacial score (nSPS) is 18.2. The molecule has 0 spiro atoms. The molecule has 7 nitrogen and oxygen atoms in total. The van der Waals surface area contributed by atoms with E-state index < -0.39 is 23.7 Å². The molecular formula is C29H28FN3O4. The molecule has 2 N–H and O–H groups in total. The molecule has 2 aromatic carbocycles. The number of aromatic nitrogens is 1. The van der Waals surface area contributed by atoms with Crippen molar-refractivity contribution in [2.75, 3.05) is 7.11 Å². The number of H-pyrrole nitrogens is 1. The van der Waals surface area contributed by atoms with Crippen molar-refractivity contribution in [2.24, 2.45) is 11.8 Å². The second-order valence-electron chi connectivity index (χ2n) is 10.1. The molecule has 3 aromatic rings. The number of ether oxygens (including phenoxy) is 1. The highest BCUT2D eigenvalue weighted by molar-refractivity contribution is 6.02. The summed E-state index contributed by atoms with van der Waals surface area (Å²) in [4.78, 5) is 42.2. The van der Waals surface area contributed by atoms with Gasteiger partial charge in [-0.05, 0) is 60.2 Å². The van der Waals surface area contributed by atoms with Crippen molar-refractivity contribution in [2.45, 2.75) is 50.5 Å². The Kier molecular flexibility index (Phi) is 6.79. The number of hydrogen-bond donors (Lipinski definition) is 2. The topological polar surface area (TPSA) is 112 Å². The number of nitriles is 1. The van der Waals surface area contributed by atoms with Crippen LogP contribution >= 0.6 is 0 Å². The maximum atomic E-state index is 13.8. The van der Waals surface area contributed by atoms with Crippen LogP contribution < -0.4 is 10.1 Å². The van der Waals surface area contributed by atoms with Crippen LogP contribution in [0.1, 0.15) is 59.6 Å². The van der Waals surface area contributed by atoms with Crippen LogP contribution in [0.25, 0.3) is 10.9 Å². The molecule has 1 saturated carbocycles. The van der Waals surface area contributed by atoms with E-state index in [4.69, 9.17) is 4.74 Å².